The van der Waals surface area contributed by atoms with Crippen LogP contribution in [0.15, 0.2) is 18.2 Å². The number of carbonyl (C=O) groups is 1. The second kappa shape index (κ2) is 5.73. The molecule has 0 aromatic heterocycles. The zero-order chi connectivity index (χ0) is 17.4. The lowest BCUT2D eigenvalue weighted by Crippen LogP contribution is -2.42. The van der Waals surface area contributed by atoms with Crippen molar-refractivity contribution in [3.05, 3.63) is 29.3 Å². The summed E-state index contributed by atoms with van der Waals surface area (Å²) in [5.41, 5.74) is -2.51. The summed E-state index contributed by atoms with van der Waals surface area (Å²) in [6.07, 6.45) is -13.6. The van der Waals surface area contributed by atoms with E-state index in [4.69, 9.17) is 5.26 Å². The van der Waals surface area contributed by atoms with Gasteiger partial charge < -0.3 is 14.4 Å². The van der Waals surface area contributed by atoms with Gasteiger partial charge in [0.1, 0.15) is 6.10 Å². The Morgan fingerprint density at radius 1 is 1.26 bits per heavy atom. The molecule has 4 nitrogen and oxygen atoms in total. The summed E-state index contributed by atoms with van der Waals surface area (Å²) in [5.74, 6) is 0. The van der Waals surface area contributed by atoms with E-state index in [1.807, 2.05) is 0 Å². The topological polar surface area (TPSA) is 53.3 Å². The molecule has 0 unspecified atom stereocenters. The van der Waals surface area contributed by atoms with E-state index in [2.05, 4.69) is 4.74 Å². The zero-order valence-electron chi connectivity index (χ0n) is 11.1. The Balaban J connectivity index is 2.48. The third-order valence-electron chi connectivity index (χ3n) is 3.16. The standard InChI is InChI=1S/C13H8F6N2O2/c14-12(15,16)10-3-8(2-1-7(10)4-20)21-5-9(6-22)23-11(21)13(17,18)19/h1-3,6,9,11H,5H2/t9-,11+/m0/s1. The third-order valence-corrected chi connectivity index (χ3v) is 3.16. The lowest BCUT2D eigenvalue weighted by atomic mass is 10.1. The summed E-state index contributed by atoms with van der Waals surface area (Å²) >= 11 is 0. The average molecular weight is 338 g/mol. The molecule has 2 rings (SSSR count). The minimum Gasteiger partial charge on any atom is -0.337 e. The van der Waals surface area contributed by atoms with Crippen LogP contribution in [-0.4, -0.2) is 31.3 Å². The number of ether oxygens (including phenoxy) is 1. The lowest BCUT2D eigenvalue weighted by Gasteiger charge is -2.27. The van der Waals surface area contributed by atoms with E-state index in [0.717, 1.165) is 12.1 Å². The van der Waals surface area contributed by atoms with Crippen molar-refractivity contribution >= 4 is 12.0 Å². The second-order valence-electron chi connectivity index (χ2n) is 4.70. The molecular weight excluding hydrogens is 330 g/mol. The van der Waals surface area contributed by atoms with Gasteiger partial charge >= 0.3 is 12.4 Å². The number of carbonyl (C=O) groups excluding carboxylic acids is 1. The molecule has 0 bridgehead atoms. The van der Waals surface area contributed by atoms with Gasteiger partial charge in [-0.25, -0.2) is 0 Å². The number of benzene rings is 1. The van der Waals surface area contributed by atoms with Gasteiger partial charge in [-0.15, -0.1) is 0 Å². The Kier molecular flexibility index (Phi) is 4.26. The van der Waals surface area contributed by atoms with Gasteiger partial charge in [0.05, 0.1) is 23.7 Å². The van der Waals surface area contributed by atoms with Crippen LogP contribution in [0.5, 0.6) is 0 Å². The highest BCUT2D eigenvalue weighted by atomic mass is 19.4. The number of nitrogens with zero attached hydrogens (tertiary/aromatic N) is 2. The smallest absolute Gasteiger partial charge is 0.337 e. The van der Waals surface area contributed by atoms with Crippen molar-refractivity contribution in [2.45, 2.75) is 24.7 Å². The van der Waals surface area contributed by atoms with Crippen molar-refractivity contribution < 1.29 is 35.9 Å². The molecule has 0 N–H and O–H groups in total. The molecule has 1 aliphatic heterocycles. The Bertz CT molecular complexity index is 649. The monoisotopic (exact) mass is 338 g/mol. The van der Waals surface area contributed by atoms with Crippen LogP contribution in [0.4, 0.5) is 32.0 Å². The van der Waals surface area contributed by atoms with Crippen LogP contribution in [0.3, 0.4) is 0 Å². The second-order valence-corrected chi connectivity index (χ2v) is 4.70. The molecule has 2 atom stereocenters. The van der Waals surface area contributed by atoms with Gasteiger partial charge in [0, 0.05) is 5.69 Å². The Labute approximate surface area is 125 Å². The molecule has 1 fully saturated rings. The van der Waals surface area contributed by atoms with Crippen LogP contribution in [0.1, 0.15) is 11.1 Å². The first-order valence-corrected chi connectivity index (χ1v) is 6.13. The highest BCUT2D eigenvalue weighted by Crippen LogP contribution is 2.38. The van der Waals surface area contributed by atoms with Crippen molar-refractivity contribution in [3.8, 4) is 6.07 Å². The molecule has 1 heterocycles. The van der Waals surface area contributed by atoms with Gasteiger partial charge in [-0.3, -0.25) is 0 Å². The Morgan fingerprint density at radius 2 is 1.91 bits per heavy atom. The maximum atomic E-state index is 12.9. The first-order valence-electron chi connectivity index (χ1n) is 6.13. The molecule has 10 heteroatoms. The third kappa shape index (κ3) is 3.39. The minimum atomic E-state index is -4.90. The number of hydrogen-bond donors (Lipinski definition) is 0. The summed E-state index contributed by atoms with van der Waals surface area (Å²) in [4.78, 5) is 11.2. The van der Waals surface area contributed by atoms with E-state index in [0.29, 0.717) is 11.0 Å². The van der Waals surface area contributed by atoms with Crippen molar-refractivity contribution in [3.63, 3.8) is 0 Å². The molecule has 0 saturated carbocycles. The van der Waals surface area contributed by atoms with Crippen LogP contribution in [0.2, 0.25) is 0 Å². The highest BCUT2D eigenvalue weighted by Gasteiger charge is 2.51. The predicted molar refractivity (Wildman–Crippen MR) is 64.3 cm³/mol. The highest BCUT2D eigenvalue weighted by molar-refractivity contribution is 5.62. The summed E-state index contributed by atoms with van der Waals surface area (Å²) in [5, 5.41) is 8.68. The molecule has 0 aliphatic carbocycles. The number of alkyl halides is 6. The van der Waals surface area contributed by atoms with E-state index in [1.54, 1.807) is 0 Å². The molecule has 0 spiro atoms. The SMILES string of the molecule is N#Cc1ccc(N2C[C@@H](C=O)O[C@@H]2C(F)(F)F)cc1C(F)(F)F. The van der Waals surface area contributed by atoms with Gasteiger partial charge in [0.25, 0.3) is 0 Å². The molecular formula is C13H8F6N2O2. The first-order chi connectivity index (χ1) is 10.6. The fourth-order valence-electron chi connectivity index (χ4n) is 2.18. The lowest BCUT2D eigenvalue weighted by molar-refractivity contribution is -0.211. The molecule has 23 heavy (non-hydrogen) atoms. The van der Waals surface area contributed by atoms with Crippen LogP contribution in [0.25, 0.3) is 0 Å². The minimum absolute atomic E-state index is 0.146. The Hall–Kier alpha value is -2.28. The quantitative estimate of drug-likeness (QED) is 0.615. The van der Waals surface area contributed by atoms with Crippen molar-refractivity contribution in [1.82, 2.24) is 0 Å². The number of halogens is 6. The van der Waals surface area contributed by atoms with E-state index in [-0.39, 0.29) is 6.29 Å². The van der Waals surface area contributed by atoms with E-state index in [1.165, 1.54) is 6.07 Å². The van der Waals surface area contributed by atoms with Gasteiger partial charge in [-0.2, -0.15) is 31.6 Å². The molecule has 1 saturated heterocycles. The van der Waals surface area contributed by atoms with Crippen molar-refractivity contribution in [2.24, 2.45) is 0 Å². The molecule has 0 amide bonds. The number of rotatable bonds is 2. The normalized spacial score (nSPS) is 22.0. The van der Waals surface area contributed by atoms with E-state index in [9.17, 15) is 31.1 Å². The number of hydrogen-bond acceptors (Lipinski definition) is 4. The van der Waals surface area contributed by atoms with Gasteiger partial charge in [-0.05, 0) is 18.2 Å². The molecule has 1 aromatic carbocycles. The van der Waals surface area contributed by atoms with Gasteiger partial charge in [0.15, 0.2) is 6.29 Å². The molecule has 124 valence electrons. The molecule has 1 aromatic rings. The average Bonchev–Trinajstić information content (AvgIpc) is 2.90. The van der Waals surface area contributed by atoms with Crippen molar-refractivity contribution in [1.29, 1.82) is 5.26 Å². The van der Waals surface area contributed by atoms with E-state index >= 15 is 0 Å². The summed E-state index contributed by atoms with van der Waals surface area (Å²) in [6.45, 7) is -0.545. The van der Waals surface area contributed by atoms with Crippen LogP contribution in [0, 0.1) is 11.3 Å². The zero-order valence-corrected chi connectivity index (χ0v) is 11.1. The maximum Gasteiger partial charge on any atom is 0.433 e. The summed E-state index contributed by atoms with van der Waals surface area (Å²) in [7, 11) is 0. The summed E-state index contributed by atoms with van der Waals surface area (Å²) in [6, 6.07) is 3.50. The van der Waals surface area contributed by atoms with Gasteiger partial charge in [-0.1, -0.05) is 0 Å². The van der Waals surface area contributed by atoms with Crippen molar-refractivity contribution in [2.75, 3.05) is 11.4 Å². The number of anilines is 1. The molecule has 1 aliphatic rings. The number of aldehydes is 1. The predicted octanol–water partition coefficient (Wildman–Crippen LogP) is 2.87. The van der Waals surface area contributed by atoms with Crippen LogP contribution < -0.4 is 4.90 Å². The Morgan fingerprint density at radius 3 is 2.39 bits per heavy atom. The first kappa shape index (κ1) is 17.1. The van der Waals surface area contributed by atoms with Crippen LogP contribution >= 0.6 is 0 Å². The molecule has 0 radical (unpaired) electrons. The fraction of sp³-hybridized carbons (Fsp3) is 0.385. The van der Waals surface area contributed by atoms with Crippen LogP contribution in [-0.2, 0) is 15.7 Å². The largest absolute Gasteiger partial charge is 0.433 e. The fourth-order valence-corrected chi connectivity index (χ4v) is 2.18. The van der Waals surface area contributed by atoms with E-state index < -0.39 is 48.0 Å². The van der Waals surface area contributed by atoms with Gasteiger partial charge in [0.2, 0.25) is 6.23 Å². The summed E-state index contributed by atoms with van der Waals surface area (Å²) < 4.78 is 82.0. The number of nitriles is 1. The maximum absolute atomic E-state index is 12.9.